The van der Waals surface area contributed by atoms with Gasteiger partial charge in [0.2, 0.25) is 0 Å². The summed E-state index contributed by atoms with van der Waals surface area (Å²) in [6.45, 7) is 0. The molecule has 0 saturated heterocycles. The van der Waals surface area contributed by atoms with Gasteiger partial charge in [-0.3, -0.25) is 0 Å². The summed E-state index contributed by atoms with van der Waals surface area (Å²) in [5.74, 6) is 0. The Morgan fingerprint density at radius 1 is 1.17 bits per heavy atom. The van der Waals surface area contributed by atoms with Crippen LogP contribution in [0.25, 0.3) is 0 Å². The van der Waals surface area contributed by atoms with Crippen LogP contribution in [-0.2, 0) is 6.42 Å². The molecule has 18 heavy (non-hydrogen) atoms. The number of rotatable bonds is 2. The topological polar surface area (TPSA) is 12.0 Å². The van der Waals surface area contributed by atoms with Crippen molar-refractivity contribution in [1.29, 1.82) is 0 Å². The molecular formula is C15H13BrIN. The van der Waals surface area contributed by atoms with E-state index in [0.717, 1.165) is 6.42 Å². The van der Waals surface area contributed by atoms with Crippen LogP contribution in [0.2, 0.25) is 0 Å². The van der Waals surface area contributed by atoms with E-state index in [1.54, 1.807) is 0 Å². The van der Waals surface area contributed by atoms with Crippen molar-refractivity contribution in [2.75, 3.05) is 5.32 Å². The molecule has 0 amide bonds. The third-order valence-electron chi connectivity index (χ3n) is 3.39. The fraction of sp³-hybridized carbons (Fsp3) is 0.200. The maximum absolute atomic E-state index is 3.66. The van der Waals surface area contributed by atoms with Crippen molar-refractivity contribution in [1.82, 2.24) is 0 Å². The Morgan fingerprint density at radius 2 is 2.00 bits per heavy atom. The van der Waals surface area contributed by atoms with E-state index in [2.05, 4.69) is 86.3 Å². The van der Waals surface area contributed by atoms with Gasteiger partial charge in [-0.1, -0.05) is 34.1 Å². The van der Waals surface area contributed by atoms with E-state index in [4.69, 9.17) is 0 Å². The Kier molecular flexibility index (Phi) is 3.61. The highest BCUT2D eigenvalue weighted by Gasteiger charge is 2.22. The highest BCUT2D eigenvalue weighted by Crippen LogP contribution is 2.36. The van der Waals surface area contributed by atoms with Crippen molar-refractivity contribution in [3.05, 3.63) is 61.6 Å². The SMILES string of the molecule is Brc1ccc2c(c1)CCC2Nc1ccccc1I. The lowest BCUT2D eigenvalue weighted by Crippen LogP contribution is -2.07. The number of para-hydroxylation sites is 1. The maximum atomic E-state index is 3.66. The van der Waals surface area contributed by atoms with E-state index in [0.29, 0.717) is 6.04 Å². The standard InChI is InChI=1S/C15H13BrIN/c16-11-6-7-12-10(9-11)5-8-14(12)18-15-4-2-1-3-13(15)17/h1-4,6-7,9,14,18H,5,8H2. The molecule has 1 aliphatic carbocycles. The second-order valence-corrected chi connectivity index (χ2v) is 6.64. The van der Waals surface area contributed by atoms with E-state index in [1.807, 2.05) is 0 Å². The first-order valence-corrected chi connectivity index (χ1v) is 7.90. The van der Waals surface area contributed by atoms with Gasteiger partial charge < -0.3 is 5.32 Å². The largest absolute Gasteiger partial charge is 0.377 e. The molecule has 2 aromatic rings. The van der Waals surface area contributed by atoms with E-state index in [1.165, 1.54) is 31.3 Å². The molecular weight excluding hydrogens is 401 g/mol. The highest BCUT2D eigenvalue weighted by molar-refractivity contribution is 14.1. The van der Waals surface area contributed by atoms with Crippen LogP contribution in [0, 0.1) is 3.57 Å². The number of hydrogen-bond acceptors (Lipinski definition) is 1. The maximum Gasteiger partial charge on any atom is 0.0520 e. The summed E-state index contributed by atoms with van der Waals surface area (Å²) >= 11 is 5.92. The van der Waals surface area contributed by atoms with Crippen LogP contribution in [-0.4, -0.2) is 0 Å². The van der Waals surface area contributed by atoms with Crippen molar-refractivity contribution >= 4 is 44.2 Å². The lowest BCUT2D eigenvalue weighted by Gasteiger charge is -2.16. The van der Waals surface area contributed by atoms with Crippen molar-refractivity contribution in [3.63, 3.8) is 0 Å². The first-order chi connectivity index (χ1) is 8.74. The number of halogens is 2. The molecule has 0 fully saturated rings. The molecule has 2 aromatic carbocycles. The zero-order chi connectivity index (χ0) is 12.5. The highest BCUT2D eigenvalue weighted by atomic mass is 127. The van der Waals surface area contributed by atoms with Gasteiger partial charge >= 0.3 is 0 Å². The van der Waals surface area contributed by atoms with Gasteiger partial charge in [0.05, 0.1) is 6.04 Å². The van der Waals surface area contributed by atoms with Gasteiger partial charge in [-0.05, 0) is 70.8 Å². The molecule has 0 bridgehead atoms. The minimum absolute atomic E-state index is 0.448. The molecule has 0 aliphatic heterocycles. The van der Waals surface area contributed by atoms with Crippen molar-refractivity contribution in [2.45, 2.75) is 18.9 Å². The Bertz CT molecular complexity index is 582. The Labute approximate surface area is 129 Å². The van der Waals surface area contributed by atoms with Crippen LogP contribution < -0.4 is 5.32 Å². The quantitative estimate of drug-likeness (QED) is 0.671. The summed E-state index contributed by atoms with van der Waals surface area (Å²) in [6.07, 6.45) is 2.34. The summed E-state index contributed by atoms with van der Waals surface area (Å²) in [5, 5.41) is 3.66. The van der Waals surface area contributed by atoms with Gasteiger partial charge in [0.25, 0.3) is 0 Å². The van der Waals surface area contributed by atoms with Crippen LogP contribution in [0.15, 0.2) is 46.9 Å². The molecule has 0 aromatic heterocycles. The third kappa shape index (κ3) is 2.43. The fourth-order valence-electron chi connectivity index (χ4n) is 2.50. The molecule has 3 heteroatoms. The average Bonchev–Trinajstić information content (AvgIpc) is 2.74. The molecule has 1 atom stereocenters. The fourth-order valence-corrected chi connectivity index (χ4v) is 3.45. The molecule has 3 rings (SSSR count). The number of anilines is 1. The summed E-state index contributed by atoms with van der Waals surface area (Å²) in [7, 11) is 0. The second-order valence-electron chi connectivity index (χ2n) is 4.56. The summed E-state index contributed by atoms with van der Waals surface area (Å²) in [6, 6.07) is 15.5. The first-order valence-electron chi connectivity index (χ1n) is 6.03. The number of nitrogens with one attached hydrogen (secondary N) is 1. The van der Waals surface area contributed by atoms with E-state index in [9.17, 15) is 0 Å². The minimum atomic E-state index is 0.448. The molecule has 0 heterocycles. The normalized spacial score (nSPS) is 17.6. The van der Waals surface area contributed by atoms with Gasteiger partial charge in [0.15, 0.2) is 0 Å². The molecule has 0 spiro atoms. The van der Waals surface area contributed by atoms with Crippen LogP contribution in [0.4, 0.5) is 5.69 Å². The molecule has 1 unspecified atom stereocenters. The zero-order valence-electron chi connectivity index (χ0n) is 9.79. The van der Waals surface area contributed by atoms with E-state index in [-0.39, 0.29) is 0 Å². The molecule has 0 saturated carbocycles. The lowest BCUT2D eigenvalue weighted by molar-refractivity contribution is 0.761. The molecule has 1 aliphatic rings. The molecule has 92 valence electrons. The number of benzene rings is 2. The van der Waals surface area contributed by atoms with Gasteiger partial charge in [-0.15, -0.1) is 0 Å². The van der Waals surface area contributed by atoms with Crippen LogP contribution >= 0.6 is 38.5 Å². The predicted octanol–water partition coefficient (Wildman–Crippen LogP) is 5.15. The summed E-state index contributed by atoms with van der Waals surface area (Å²) < 4.78 is 2.46. The van der Waals surface area contributed by atoms with Crippen LogP contribution in [0.1, 0.15) is 23.6 Å². The van der Waals surface area contributed by atoms with Gasteiger partial charge in [0, 0.05) is 13.7 Å². The van der Waals surface area contributed by atoms with Gasteiger partial charge in [0.1, 0.15) is 0 Å². The van der Waals surface area contributed by atoms with Crippen LogP contribution in [0.5, 0.6) is 0 Å². The average molecular weight is 414 g/mol. The minimum Gasteiger partial charge on any atom is -0.377 e. The Balaban J connectivity index is 1.87. The third-order valence-corrected chi connectivity index (χ3v) is 4.82. The van der Waals surface area contributed by atoms with Gasteiger partial charge in [-0.2, -0.15) is 0 Å². The Morgan fingerprint density at radius 3 is 2.83 bits per heavy atom. The zero-order valence-corrected chi connectivity index (χ0v) is 13.5. The van der Waals surface area contributed by atoms with Crippen molar-refractivity contribution in [3.8, 4) is 0 Å². The van der Waals surface area contributed by atoms with E-state index >= 15 is 0 Å². The lowest BCUT2D eigenvalue weighted by atomic mass is 10.1. The monoisotopic (exact) mass is 413 g/mol. The molecule has 1 N–H and O–H groups in total. The molecule has 1 nitrogen and oxygen atoms in total. The summed E-state index contributed by atoms with van der Waals surface area (Å²) in [4.78, 5) is 0. The first kappa shape index (κ1) is 12.5. The Hall–Kier alpha value is -0.550. The van der Waals surface area contributed by atoms with Gasteiger partial charge in [-0.25, -0.2) is 0 Å². The molecule has 0 radical (unpaired) electrons. The number of hydrogen-bond donors (Lipinski definition) is 1. The van der Waals surface area contributed by atoms with Crippen molar-refractivity contribution in [2.24, 2.45) is 0 Å². The van der Waals surface area contributed by atoms with E-state index < -0.39 is 0 Å². The summed E-state index contributed by atoms with van der Waals surface area (Å²) in [5.41, 5.74) is 4.14. The predicted molar refractivity (Wildman–Crippen MR) is 88.0 cm³/mol. The second kappa shape index (κ2) is 5.21. The van der Waals surface area contributed by atoms with Crippen LogP contribution in [0.3, 0.4) is 0 Å². The number of aryl methyl sites for hydroxylation is 1. The smallest absolute Gasteiger partial charge is 0.0520 e. The number of fused-ring (bicyclic) bond motifs is 1. The van der Waals surface area contributed by atoms with Crippen molar-refractivity contribution < 1.29 is 0 Å².